The van der Waals surface area contributed by atoms with Gasteiger partial charge < -0.3 is 9.47 Å². The number of nitrogens with zero attached hydrogens (tertiary/aromatic N) is 2. The van der Waals surface area contributed by atoms with E-state index in [2.05, 4.69) is 12.1 Å². The Morgan fingerprint density at radius 3 is 2.41 bits per heavy atom. The average Bonchev–Trinajstić information content (AvgIpc) is 3.26. The van der Waals surface area contributed by atoms with E-state index < -0.39 is 12.0 Å². The van der Waals surface area contributed by atoms with Gasteiger partial charge in [-0.05, 0) is 53.1 Å². The van der Waals surface area contributed by atoms with Crippen molar-refractivity contribution in [2.24, 2.45) is 4.99 Å². The number of benzene rings is 4. The Morgan fingerprint density at radius 1 is 0.974 bits per heavy atom. The molecule has 0 bridgehead atoms. The molecular weight excluding hydrogens is 508 g/mol. The number of methoxy groups -OCH3 is 1. The molecule has 5 aromatic rings. The molecule has 4 aromatic carbocycles. The van der Waals surface area contributed by atoms with Crippen LogP contribution in [0.1, 0.15) is 31.0 Å². The van der Waals surface area contributed by atoms with Crippen molar-refractivity contribution in [2.75, 3.05) is 13.7 Å². The first kappa shape index (κ1) is 24.8. The fourth-order valence-corrected chi connectivity index (χ4v) is 6.36. The highest BCUT2D eigenvalue weighted by Gasteiger charge is 2.36. The number of aromatic nitrogens is 1. The molecule has 39 heavy (non-hydrogen) atoms. The van der Waals surface area contributed by atoms with Crippen molar-refractivity contribution in [2.45, 2.75) is 19.9 Å². The summed E-state index contributed by atoms with van der Waals surface area (Å²) in [5.41, 5.74) is 2.30. The van der Waals surface area contributed by atoms with E-state index in [4.69, 9.17) is 14.5 Å². The summed E-state index contributed by atoms with van der Waals surface area (Å²) in [6.07, 6.45) is 1.91. The summed E-state index contributed by atoms with van der Waals surface area (Å²) < 4.78 is 13.4. The summed E-state index contributed by atoms with van der Waals surface area (Å²) in [7, 11) is 1.60. The minimum absolute atomic E-state index is 0.209. The van der Waals surface area contributed by atoms with Crippen LogP contribution in [0.25, 0.3) is 27.6 Å². The van der Waals surface area contributed by atoms with E-state index in [1.807, 2.05) is 72.8 Å². The normalized spacial score (nSPS) is 15.4. The molecule has 0 saturated carbocycles. The van der Waals surface area contributed by atoms with Crippen molar-refractivity contribution in [3.05, 3.63) is 121 Å². The highest BCUT2D eigenvalue weighted by Crippen LogP contribution is 2.40. The van der Waals surface area contributed by atoms with Gasteiger partial charge in [0.25, 0.3) is 5.56 Å². The second kappa shape index (κ2) is 10.0. The first-order valence-electron chi connectivity index (χ1n) is 12.7. The van der Waals surface area contributed by atoms with Crippen LogP contribution in [0.3, 0.4) is 0 Å². The zero-order valence-corrected chi connectivity index (χ0v) is 22.6. The molecular formula is C32H26N2O4S. The molecule has 0 N–H and O–H groups in total. The molecule has 6 rings (SSSR count). The van der Waals surface area contributed by atoms with E-state index in [1.54, 1.807) is 25.5 Å². The first-order chi connectivity index (χ1) is 19.0. The summed E-state index contributed by atoms with van der Waals surface area (Å²) in [5.74, 6) is 0.0842. The topological polar surface area (TPSA) is 69.9 Å². The highest BCUT2D eigenvalue weighted by molar-refractivity contribution is 7.07. The lowest BCUT2D eigenvalue weighted by Crippen LogP contribution is -2.40. The lowest BCUT2D eigenvalue weighted by Gasteiger charge is -2.27. The predicted octanol–water partition coefficient (Wildman–Crippen LogP) is 5.11. The van der Waals surface area contributed by atoms with Crippen molar-refractivity contribution in [1.29, 1.82) is 0 Å². The van der Waals surface area contributed by atoms with Crippen LogP contribution in [-0.2, 0) is 9.53 Å². The molecule has 0 amide bonds. The van der Waals surface area contributed by atoms with Gasteiger partial charge in [-0.2, -0.15) is 0 Å². The van der Waals surface area contributed by atoms with Crippen molar-refractivity contribution >= 4 is 44.9 Å². The Hall–Kier alpha value is -4.49. The molecule has 1 aromatic heterocycles. The SMILES string of the molecule is CCOC(=O)C1=C(C)N=c2s/c(=C\c3cccc4ccccc34)c(=O)n2[C@H]1c1c(OC)ccc2ccccc12. The van der Waals surface area contributed by atoms with Crippen LogP contribution in [0, 0.1) is 0 Å². The number of fused-ring (bicyclic) bond motifs is 3. The smallest absolute Gasteiger partial charge is 0.338 e. The number of carbonyl (C=O) groups excluding carboxylic acids is 1. The second-order valence-electron chi connectivity index (χ2n) is 9.27. The number of ether oxygens (including phenoxy) is 2. The summed E-state index contributed by atoms with van der Waals surface area (Å²) in [6, 6.07) is 25.1. The van der Waals surface area contributed by atoms with E-state index in [1.165, 1.54) is 11.3 Å². The molecule has 1 aliphatic heterocycles. The van der Waals surface area contributed by atoms with E-state index >= 15 is 0 Å². The first-order valence-corrected chi connectivity index (χ1v) is 13.6. The largest absolute Gasteiger partial charge is 0.496 e. The van der Waals surface area contributed by atoms with E-state index in [9.17, 15) is 9.59 Å². The third-order valence-corrected chi connectivity index (χ3v) is 8.03. The van der Waals surface area contributed by atoms with Crippen LogP contribution in [0.5, 0.6) is 5.75 Å². The molecule has 0 aliphatic carbocycles. The van der Waals surface area contributed by atoms with Crippen LogP contribution >= 0.6 is 11.3 Å². The molecule has 0 fully saturated rings. The maximum Gasteiger partial charge on any atom is 0.338 e. The molecule has 1 atom stereocenters. The van der Waals surface area contributed by atoms with Gasteiger partial charge in [-0.1, -0.05) is 84.1 Å². The number of rotatable bonds is 5. The molecule has 0 saturated heterocycles. The Balaban J connectivity index is 1.67. The number of esters is 1. The zero-order chi connectivity index (χ0) is 27.1. The molecule has 1 aliphatic rings. The fraction of sp³-hybridized carbons (Fsp3) is 0.156. The van der Waals surface area contributed by atoms with Crippen LogP contribution in [-0.4, -0.2) is 24.3 Å². The standard InChI is InChI=1S/C32H26N2O4S/c1-4-38-31(36)27-19(2)33-32-34(29(27)28-24-15-8-6-11-21(24)16-17-25(28)37-3)30(35)26(39-32)18-22-13-9-12-20-10-5-7-14-23(20)22/h5-18,29H,4H2,1-3H3/b26-18-/t29-/m1/s1. The number of hydrogen-bond acceptors (Lipinski definition) is 6. The van der Waals surface area contributed by atoms with Crippen LogP contribution < -0.4 is 19.6 Å². The molecule has 0 spiro atoms. The molecule has 2 heterocycles. The van der Waals surface area contributed by atoms with Crippen LogP contribution in [0.15, 0.2) is 99.9 Å². The summed E-state index contributed by atoms with van der Waals surface area (Å²) >= 11 is 1.31. The highest BCUT2D eigenvalue weighted by atomic mass is 32.1. The molecule has 0 radical (unpaired) electrons. The molecule has 0 unspecified atom stereocenters. The van der Waals surface area contributed by atoms with Crippen molar-refractivity contribution in [3.8, 4) is 5.75 Å². The van der Waals surface area contributed by atoms with Crippen molar-refractivity contribution in [1.82, 2.24) is 4.57 Å². The third kappa shape index (κ3) is 4.15. The van der Waals surface area contributed by atoms with Gasteiger partial charge >= 0.3 is 5.97 Å². The van der Waals surface area contributed by atoms with Gasteiger partial charge in [-0.3, -0.25) is 9.36 Å². The van der Waals surface area contributed by atoms with Gasteiger partial charge in [0.1, 0.15) is 11.8 Å². The van der Waals surface area contributed by atoms with Gasteiger partial charge in [-0.25, -0.2) is 9.79 Å². The van der Waals surface area contributed by atoms with Gasteiger partial charge in [0, 0.05) is 5.56 Å². The molecule has 6 nitrogen and oxygen atoms in total. The lowest BCUT2D eigenvalue weighted by molar-refractivity contribution is -0.139. The summed E-state index contributed by atoms with van der Waals surface area (Å²) in [5, 5.41) is 4.02. The maximum absolute atomic E-state index is 14.2. The third-order valence-electron chi connectivity index (χ3n) is 7.05. The second-order valence-corrected chi connectivity index (χ2v) is 10.3. The Labute approximate surface area is 228 Å². The van der Waals surface area contributed by atoms with E-state index in [-0.39, 0.29) is 12.2 Å². The average molecular weight is 535 g/mol. The van der Waals surface area contributed by atoms with Gasteiger partial charge in [0.15, 0.2) is 4.80 Å². The van der Waals surface area contributed by atoms with Gasteiger partial charge in [0.05, 0.1) is 29.5 Å². The van der Waals surface area contributed by atoms with Crippen molar-refractivity contribution < 1.29 is 14.3 Å². The van der Waals surface area contributed by atoms with Crippen LogP contribution in [0.2, 0.25) is 0 Å². The number of hydrogen-bond donors (Lipinski definition) is 0. The maximum atomic E-state index is 14.2. The van der Waals surface area contributed by atoms with Gasteiger partial charge in [0.2, 0.25) is 0 Å². The quantitative estimate of drug-likeness (QED) is 0.294. The predicted molar refractivity (Wildman–Crippen MR) is 155 cm³/mol. The number of thiazole rings is 1. The Kier molecular flexibility index (Phi) is 6.37. The molecule has 194 valence electrons. The summed E-state index contributed by atoms with van der Waals surface area (Å²) in [6.45, 7) is 3.76. The fourth-order valence-electron chi connectivity index (χ4n) is 5.32. The Bertz CT molecular complexity index is 1980. The monoisotopic (exact) mass is 534 g/mol. The summed E-state index contributed by atoms with van der Waals surface area (Å²) in [4.78, 5) is 32.8. The van der Waals surface area contributed by atoms with E-state index in [0.717, 1.165) is 32.7 Å². The lowest BCUT2D eigenvalue weighted by atomic mass is 9.90. The van der Waals surface area contributed by atoms with Crippen LogP contribution in [0.4, 0.5) is 0 Å². The van der Waals surface area contributed by atoms with Crippen molar-refractivity contribution in [3.63, 3.8) is 0 Å². The number of carbonyl (C=O) groups is 1. The van der Waals surface area contributed by atoms with E-state index in [0.29, 0.717) is 26.4 Å². The molecule has 7 heteroatoms. The Morgan fingerprint density at radius 2 is 1.67 bits per heavy atom. The zero-order valence-electron chi connectivity index (χ0n) is 21.8. The minimum atomic E-state index is -0.768. The van der Waals surface area contributed by atoms with Gasteiger partial charge in [-0.15, -0.1) is 0 Å². The number of allylic oxidation sites excluding steroid dienone is 1. The minimum Gasteiger partial charge on any atom is -0.496 e.